The van der Waals surface area contributed by atoms with Gasteiger partial charge >= 0.3 is 0 Å². The van der Waals surface area contributed by atoms with Crippen molar-refractivity contribution >= 4 is 9.04 Å². The summed E-state index contributed by atoms with van der Waals surface area (Å²) in [4.78, 5) is 0. The van der Waals surface area contributed by atoms with Crippen LogP contribution in [0.3, 0.4) is 0 Å². The summed E-state index contributed by atoms with van der Waals surface area (Å²) in [6.45, 7) is 5.76. The smallest absolute Gasteiger partial charge is 0.179 e. The van der Waals surface area contributed by atoms with Gasteiger partial charge in [0.1, 0.15) is 0 Å². The Morgan fingerprint density at radius 2 is 2.15 bits per heavy atom. The van der Waals surface area contributed by atoms with E-state index in [1.54, 1.807) is 0 Å². The third-order valence-electron chi connectivity index (χ3n) is 3.11. The molecular formula is C11H24OSi. The Balaban J connectivity index is 2.09. The van der Waals surface area contributed by atoms with Gasteiger partial charge in [-0.15, -0.1) is 0 Å². The van der Waals surface area contributed by atoms with Crippen molar-refractivity contribution in [2.24, 2.45) is 0 Å². The van der Waals surface area contributed by atoms with Crippen LogP contribution in [0.15, 0.2) is 0 Å². The molecule has 0 aromatic heterocycles. The van der Waals surface area contributed by atoms with E-state index >= 15 is 0 Å². The highest BCUT2D eigenvalue weighted by Gasteiger charge is 2.22. The Morgan fingerprint density at radius 1 is 1.31 bits per heavy atom. The first-order valence-corrected chi connectivity index (χ1v) is 7.91. The third-order valence-corrected chi connectivity index (χ3v) is 6.36. The largest absolute Gasteiger partial charge is 0.420 e. The molecule has 0 saturated carbocycles. The Bertz CT molecular complexity index is 121. The average Bonchev–Trinajstić information content (AvgIpc) is 2.19. The van der Waals surface area contributed by atoms with Crippen LogP contribution >= 0.6 is 0 Å². The van der Waals surface area contributed by atoms with Gasteiger partial charge in [-0.05, 0) is 18.0 Å². The minimum Gasteiger partial charge on any atom is -0.420 e. The van der Waals surface area contributed by atoms with Gasteiger partial charge in [-0.1, -0.05) is 46.0 Å². The van der Waals surface area contributed by atoms with E-state index in [0.29, 0.717) is 0 Å². The first kappa shape index (κ1) is 11.3. The van der Waals surface area contributed by atoms with E-state index in [-0.39, 0.29) is 0 Å². The van der Waals surface area contributed by atoms with Crippen molar-refractivity contribution in [3.63, 3.8) is 0 Å². The lowest BCUT2D eigenvalue weighted by Gasteiger charge is -2.26. The molecule has 1 rings (SSSR count). The highest BCUT2D eigenvalue weighted by atomic mass is 28.3. The van der Waals surface area contributed by atoms with Gasteiger partial charge in [-0.25, -0.2) is 0 Å². The SMILES string of the molecule is CCCCCC(C)[SiH]1CCCCO1. The third kappa shape index (κ3) is 4.27. The summed E-state index contributed by atoms with van der Waals surface area (Å²) in [6, 6.07) is 1.44. The minimum absolute atomic E-state index is 0.763. The molecule has 0 aliphatic carbocycles. The fourth-order valence-electron chi connectivity index (χ4n) is 2.12. The molecule has 0 amide bonds. The maximum atomic E-state index is 5.91. The maximum Gasteiger partial charge on any atom is 0.179 e. The second-order valence-electron chi connectivity index (χ2n) is 4.38. The normalized spacial score (nSPS) is 25.8. The molecule has 0 radical (unpaired) electrons. The van der Waals surface area contributed by atoms with E-state index in [9.17, 15) is 0 Å². The summed E-state index contributed by atoms with van der Waals surface area (Å²) in [5.41, 5.74) is 0.923. The predicted molar refractivity (Wildman–Crippen MR) is 60.7 cm³/mol. The van der Waals surface area contributed by atoms with Crippen LogP contribution in [0.4, 0.5) is 0 Å². The molecule has 1 nitrogen and oxygen atoms in total. The molecule has 1 aliphatic rings. The zero-order chi connectivity index (χ0) is 9.52. The zero-order valence-electron chi connectivity index (χ0n) is 9.22. The van der Waals surface area contributed by atoms with Gasteiger partial charge in [0.15, 0.2) is 9.04 Å². The molecule has 2 atom stereocenters. The molecule has 0 aromatic carbocycles. The Hall–Kier alpha value is 0.177. The lowest BCUT2D eigenvalue weighted by Crippen LogP contribution is -2.27. The second kappa shape index (κ2) is 6.60. The van der Waals surface area contributed by atoms with E-state index in [0.717, 1.165) is 12.1 Å². The van der Waals surface area contributed by atoms with Crippen molar-refractivity contribution in [2.45, 2.75) is 64.0 Å². The predicted octanol–water partition coefficient (Wildman–Crippen LogP) is 3.49. The van der Waals surface area contributed by atoms with Crippen molar-refractivity contribution in [3.8, 4) is 0 Å². The molecule has 1 heterocycles. The second-order valence-corrected chi connectivity index (χ2v) is 7.50. The van der Waals surface area contributed by atoms with E-state index in [2.05, 4.69) is 13.8 Å². The number of hydrogen-bond acceptors (Lipinski definition) is 1. The molecule has 2 unspecified atom stereocenters. The van der Waals surface area contributed by atoms with Crippen molar-refractivity contribution < 1.29 is 4.43 Å². The van der Waals surface area contributed by atoms with Gasteiger partial charge in [0, 0.05) is 6.61 Å². The summed E-state index contributed by atoms with van der Waals surface area (Å²) in [5.74, 6) is 0. The van der Waals surface area contributed by atoms with Crippen LogP contribution in [0.2, 0.25) is 11.6 Å². The molecule has 1 aliphatic heterocycles. The quantitative estimate of drug-likeness (QED) is 0.487. The highest BCUT2D eigenvalue weighted by Crippen LogP contribution is 2.25. The summed E-state index contributed by atoms with van der Waals surface area (Å²) >= 11 is 0. The lowest BCUT2D eigenvalue weighted by atomic mass is 10.2. The first-order chi connectivity index (χ1) is 6.34. The van der Waals surface area contributed by atoms with Crippen molar-refractivity contribution in [1.82, 2.24) is 0 Å². The topological polar surface area (TPSA) is 9.23 Å². The van der Waals surface area contributed by atoms with Crippen LogP contribution < -0.4 is 0 Å². The van der Waals surface area contributed by atoms with E-state index < -0.39 is 9.04 Å². The van der Waals surface area contributed by atoms with Gasteiger partial charge in [-0.2, -0.15) is 0 Å². The van der Waals surface area contributed by atoms with Gasteiger partial charge in [0.25, 0.3) is 0 Å². The standard InChI is InChI=1S/C11H24OSi/c1-3-4-5-8-11(2)13-10-7-6-9-12-13/h11,13H,3-10H2,1-2H3. The van der Waals surface area contributed by atoms with Gasteiger partial charge in [-0.3, -0.25) is 0 Å². The van der Waals surface area contributed by atoms with Crippen LogP contribution in [0, 0.1) is 0 Å². The molecule has 78 valence electrons. The Labute approximate surface area is 84.6 Å². The van der Waals surface area contributed by atoms with E-state index in [1.165, 1.54) is 44.6 Å². The molecule has 0 bridgehead atoms. The van der Waals surface area contributed by atoms with Crippen molar-refractivity contribution in [2.75, 3.05) is 6.61 Å². The molecule has 0 spiro atoms. The number of rotatable bonds is 5. The fourth-order valence-corrected chi connectivity index (χ4v) is 4.95. The molecule has 2 heteroatoms. The Morgan fingerprint density at radius 3 is 2.77 bits per heavy atom. The van der Waals surface area contributed by atoms with Crippen LogP contribution in [0.1, 0.15) is 52.4 Å². The highest BCUT2D eigenvalue weighted by molar-refractivity contribution is 6.53. The zero-order valence-corrected chi connectivity index (χ0v) is 10.4. The van der Waals surface area contributed by atoms with Crippen LogP contribution in [-0.2, 0) is 4.43 Å². The van der Waals surface area contributed by atoms with Crippen molar-refractivity contribution in [3.05, 3.63) is 0 Å². The summed E-state index contributed by atoms with van der Waals surface area (Å²) < 4.78 is 5.91. The molecule has 13 heavy (non-hydrogen) atoms. The van der Waals surface area contributed by atoms with Crippen LogP contribution in [0.5, 0.6) is 0 Å². The lowest BCUT2D eigenvalue weighted by molar-refractivity contribution is 0.278. The Kier molecular flexibility index (Phi) is 5.72. The van der Waals surface area contributed by atoms with E-state index in [1.807, 2.05) is 0 Å². The fraction of sp³-hybridized carbons (Fsp3) is 1.00. The van der Waals surface area contributed by atoms with Gasteiger partial charge < -0.3 is 4.43 Å². The van der Waals surface area contributed by atoms with E-state index in [4.69, 9.17) is 4.43 Å². The molecular weight excluding hydrogens is 176 g/mol. The summed E-state index contributed by atoms with van der Waals surface area (Å²) in [5, 5.41) is 0. The average molecular weight is 200 g/mol. The van der Waals surface area contributed by atoms with Gasteiger partial charge in [0.2, 0.25) is 0 Å². The molecule has 1 saturated heterocycles. The molecule has 1 fully saturated rings. The van der Waals surface area contributed by atoms with Crippen LogP contribution in [-0.4, -0.2) is 15.6 Å². The summed E-state index contributed by atoms with van der Waals surface area (Å²) in [6.07, 6.45) is 8.35. The molecule has 0 N–H and O–H groups in total. The number of unbranched alkanes of at least 4 members (excludes halogenated alkanes) is 2. The van der Waals surface area contributed by atoms with Crippen molar-refractivity contribution in [1.29, 1.82) is 0 Å². The van der Waals surface area contributed by atoms with Gasteiger partial charge in [0.05, 0.1) is 0 Å². The minimum atomic E-state index is -0.763. The first-order valence-electron chi connectivity index (χ1n) is 5.96. The monoisotopic (exact) mass is 200 g/mol. The molecule has 0 aromatic rings. The van der Waals surface area contributed by atoms with Crippen LogP contribution in [0.25, 0.3) is 0 Å². The summed E-state index contributed by atoms with van der Waals surface area (Å²) in [7, 11) is -0.763. The maximum absolute atomic E-state index is 5.91. The number of hydrogen-bond donors (Lipinski definition) is 0.